The van der Waals surface area contributed by atoms with Crippen LogP contribution in [0.5, 0.6) is 0 Å². The van der Waals surface area contributed by atoms with Gasteiger partial charge >= 0.3 is 0 Å². The summed E-state index contributed by atoms with van der Waals surface area (Å²) in [5.41, 5.74) is 3.90. The lowest BCUT2D eigenvalue weighted by Gasteiger charge is -2.05. The van der Waals surface area contributed by atoms with Gasteiger partial charge in [-0.2, -0.15) is 0 Å². The number of allylic oxidation sites excluding steroid dienone is 1. The van der Waals surface area contributed by atoms with Crippen LogP contribution in [0.3, 0.4) is 0 Å². The Labute approximate surface area is 155 Å². The average molecular weight is 357 g/mol. The van der Waals surface area contributed by atoms with Crippen LogP contribution in [0.2, 0.25) is 0 Å². The van der Waals surface area contributed by atoms with Crippen molar-refractivity contribution in [3.05, 3.63) is 101 Å². The molecule has 0 atom stereocenters. The van der Waals surface area contributed by atoms with Crippen molar-refractivity contribution in [1.82, 2.24) is 4.98 Å². The Bertz CT molecular complexity index is 1110. The van der Waals surface area contributed by atoms with Crippen molar-refractivity contribution in [2.24, 2.45) is 0 Å². The van der Waals surface area contributed by atoms with Gasteiger partial charge in [-0.1, -0.05) is 54.1 Å². The molecule has 0 bridgehead atoms. The maximum Gasteiger partial charge on any atom is 0.231 e. The van der Waals surface area contributed by atoms with Crippen molar-refractivity contribution in [2.75, 3.05) is 0 Å². The molecule has 27 heavy (non-hydrogen) atoms. The van der Waals surface area contributed by atoms with Crippen LogP contribution in [-0.2, 0) is 0 Å². The number of nitrogens with zero attached hydrogens (tertiary/aromatic N) is 1. The Morgan fingerprint density at radius 1 is 0.963 bits per heavy atom. The molecule has 0 saturated carbocycles. The summed E-state index contributed by atoms with van der Waals surface area (Å²) in [4.78, 5) is 17.6. The maximum atomic E-state index is 13.2. The van der Waals surface area contributed by atoms with Crippen LogP contribution >= 0.6 is 0 Å². The summed E-state index contributed by atoms with van der Waals surface area (Å²) in [6.07, 6.45) is 1.67. The Kier molecular flexibility index (Phi) is 4.38. The highest BCUT2D eigenvalue weighted by Gasteiger charge is 2.20. The number of hydrogen-bond acceptors (Lipinski definition) is 3. The van der Waals surface area contributed by atoms with Crippen molar-refractivity contribution >= 4 is 28.5 Å². The lowest BCUT2D eigenvalue weighted by atomic mass is 10.00. The van der Waals surface area contributed by atoms with Crippen LogP contribution in [0.25, 0.3) is 22.7 Å². The smallest absolute Gasteiger partial charge is 0.231 e. The van der Waals surface area contributed by atoms with Gasteiger partial charge in [0.1, 0.15) is 11.3 Å². The van der Waals surface area contributed by atoms with Crippen LogP contribution in [-0.4, -0.2) is 10.8 Å². The zero-order valence-corrected chi connectivity index (χ0v) is 14.6. The lowest BCUT2D eigenvalue weighted by Crippen LogP contribution is -2.03. The van der Waals surface area contributed by atoms with Gasteiger partial charge in [-0.15, -0.1) is 0 Å². The van der Waals surface area contributed by atoms with Gasteiger partial charge in [0, 0.05) is 5.56 Å². The molecule has 4 rings (SSSR count). The minimum atomic E-state index is -0.333. The summed E-state index contributed by atoms with van der Waals surface area (Å²) < 4.78 is 19.0. The first-order valence-corrected chi connectivity index (χ1v) is 8.55. The van der Waals surface area contributed by atoms with Gasteiger partial charge in [0.15, 0.2) is 11.4 Å². The number of halogens is 1. The number of ketones is 1. The van der Waals surface area contributed by atoms with Gasteiger partial charge in [-0.3, -0.25) is 4.79 Å². The first kappa shape index (κ1) is 16.9. The number of oxazole rings is 1. The molecule has 0 N–H and O–H groups in total. The summed E-state index contributed by atoms with van der Waals surface area (Å²) in [5.74, 6) is -0.294. The molecule has 132 valence electrons. The number of Topliss-reactive ketones (excluding diaryl/α,β-unsaturated/α-hetero) is 1. The fourth-order valence-corrected chi connectivity index (χ4v) is 2.80. The molecule has 0 amide bonds. The van der Waals surface area contributed by atoms with E-state index in [1.807, 2.05) is 37.3 Å². The SMILES string of the molecule is Cc1ccc(C(=O)C(=Cc2ccc(F)cc2)c2nc3ccccc3o2)cc1. The largest absolute Gasteiger partial charge is 0.436 e. The minimum absolute atomic E-state index is 0.203. The van der Waals surface area contributed by atoms with E-state index in [0.29, 0.717) is 27.8 Å². The van der Waals surface area contributed by atoms with Gasteiger partial charge in [0.05, 0.1) is 5.57 Å². The van der Waals surface area contributed by atoms with Gasteiger partial charge in [0.25, 0.3) is 0 Å². The molecular formula is C23H16FNO2. The van der Waals surface area contributed by atoms with Crippen molar-refractivity contribution in [2.45, 2.75) is 6.92 Å². The number of para-hydroxylation sites is 2. The highest BCUT2D eigenvalue weighted by atomic mass is 19.1. The normalized spacial score (nSPS) is 11.7. The third kappa shape index (κ3) is 3.55. The van der Waals surface area contributed by atoms with Crippen molar-refractivity contribution < 1.29 is 13.6 Å². The third-order valence-electron chi connectivity index (χ3n) is 4.26. The van der Waals surface area contributed by atoms with E-state index in [4.69, 9.17) is 4.42 Å². The molecule has 3 nitrogen and oxygen atoms in total. The number of fused-ring (bicyclic) bond motifs is 1. The Morgan fingerprint density at radius 3 is 2.37 bits per heavy atom. The number of carbonyl (C=O) groups is 1. The predicted octanol–water partition coefficient (Wildman–Crippen LogP) is 5.70. The molecule has 0 aliphatic rings. The molecule has 1 aromatic heterocycles. The highest BCUT2D eigenvalue weighted by molar-refractivity contribution is 6.31. The van der Waals surface area contributed by atoms with Crippen molar-refractivity contribution in [3.8, 4) is 0 Å². The van der Waals surface area contributed by atoms with Gasteiger partial charge in [0.2, 0.25) is 5.89 Å². The Hall–Kier alpha value is -3.53. The number of rotatable bonds is 4. The number of carbonyl (C=O) groups excluding carboxylic acids is 1. The second-order valence-electron chi connectivity index (χ2n) is 6.29. The van der Waals surface area contributed by atoms with E-state index >= 15 is 0 Å². The number of hydrogen-bond donors (Lipinski definition) is 0. The molecule has 0 saturated heterocycles. The summed E-state index contributed by atoms with van der Waals surface area (Å²) in [5, 5.41) is 0. The third-order valence-corrected chi connectivity index (χ3v) is 4.26. The second-order valence-corrected chi connectivity index (χ2v) is 6.29. The van der Waals surface area contributed by atoms with Crippen LogP contribution < -0.4 is 0 Å². The van der Waals surface area contributed by atoms with E-state index in [0.717, 1.165) is 5.56 Å². The number of benzene rings is 3. The molecule has 0 radical (unpaired) electrons. The van der Waals surface area contributed by atoms with Crippen molar-refractivity contribution in [3.63, 3.8) is 0 Å². The van der Waals surface area contributed by atoms with E-state index < -0.39 is 0 Å². The molecule has 4 aromatic rings. The average Bonchev–Trinajstić information content (AvgIpc) is 3.11. The first-order chi connectivity index (χ1) is 13.1. The molecule has 1 heterocycles. The fourth-order valence-electron chi connectivity index (χ4n) is 2.80. The molecule has 0 spiro atoms. The summed E-state index contributed by atoms with van der Waals surface area (Å²) >= 11 is 0. The molecule has 4 heteroatoms. The number of aryl methyl sites for hydroxylation is 1. The van der Waals surface area contributed by atoms with E-state index in [1.165, 1.54) is 12.1 Å². The lowest BCUT2D eigenvalue weighted by molar-refractivity contribution is 0.105. The molecule has 0 aliphatic heterocycles. The van der Waals surface area contributed by atoms with Crippen LogP contribution in [0.1, 0.15) is 27.4 Å². The predicted molar refractivity (Wildman–Crippen MR) is 104 cm³/mol. The first-order valence-electron chi connectivity index (χ1n) is 8.55. The monoisotopic (exact) mass is 357 g/mol. The minimum Gasteiger partial charge on any atom is -0.436 e. The van der Waals surface area contributed by atoms with Gasteiger partial charge in [-0.25, -0.2) is 9.37 Å². The topological polar surface area (TPSA) is 43.1 Å². The quantitative estimate of drug-likeness (QED) is 0.348. The van der Waals surface area contributed by atoms with Crippen LogP contribution in [0, 0.1) is 12.7 Å². The van der Waals surface area contributed by atoms with Crippen LogP contribution in [0.15, 0.2) is 77.2 Å². The Morgan fingerprint density at radius 2 is 1.67 bits per heavy atom. The standard InChI is InChI=1S/C23H16FNO2/c1-15-6-10-17(11-7-15)22(26)19(14-16-8-12-18(24)13-9-16)23-25-20-4-2-3-5-21(20)27-23/h2-14H,1H3. The molecule has 3 aromatic carbocycles. The fraction of sp³-hybridized carbons (Fsp3) is 0.0435. The maximum absolute atomic E-state index is 13.2. The van der Waals surface area contributed by atoms with Gasteiger partial charge in [-0.05, 0) is 42.8 Å². The van der Waals surface area contributed by atoms with Gasteiger partial charge < -0.3 is 4.42 Å². The van der Waals surface area contributed by atoms with E-state index in [-0.39, 0.29) is 17.5 Å². The Balaban J connectivity index is 1.84. The highest BCUT2D eigenvalue weighted by Crippen LogP contribution is 2.26. The second kappa shape index (κ2) is 7.00. The van der Waals surface area contributed by atoms with E-state index in [9.17, 15) is 9.18 Å². The number of aromatic nitrogens is 1. The van der Waals surface area contributed by atoms with Crippen molar-refractivity contribution in [1.29, 1.82) is 0 Å². The summed E-state index contributed by atoms with van der Waals surface area (Å²) in [6.45, 7) is 1.96. The zero-order chi connectivity index (χ0) is 18.8. The summed E-state index contributed by atoms with van der Waals surface area (Å²) in [6, 6.07) is 20.6. The molecular weight excluding hydrogens is 341 g/mol. The summed E-state index contributed by atoms with van der Waals surface area (Å²) in [7, 11) is 0. The van der Waals surface area contributed by atoms with E-state index in [1.54, 1.807) is 36.4 Å². The molecule has 0 aliphatic carbocycles. The zero-order valence-electron chi connectivity index (χ0n) is 14.6. The van der Waals surface area contributed by atoms with Crippen LogP contribution in [0.4, 0.5) is 4.39 Å². The molecule has 0 unspecified atom stereocenters. The van der Waals surface area contributed by atoms with E-state index in [2.05, 4.69) is 4.98 Å². The molecule has 0 fully saturated rings.